The number of nitrogens with one attached hydrogen (secondary N) is 2. The standard InChI is InChI=1S/C7H14N4/c1-5-8-6(2)10-7(9-5)11(3)4/h6,8H,1H2,2-4H3,(H,9,10)/t6-/m0/s1. The SMILES string of the molecule is C=C1NC(N(C)C)=N[C@@H](C)N1. The van der Waals surface area contributed by atoms with Crippen LogP contribution in [-0.2, 0) is 0 Å². The van der Waals surface area contributed by atoms with Crippen LogP contribution in [0, 0.1) is 0 Å². The molecule has 1 aliphatic heterocycles. The Kier molecular flexibility index (Phi) is 2.03. The Hall–Kier alpha value is -1.19. The van der Waals surface area contributed by atoms with Crippen molar-refractivity contribution < 1.29 is 0 Å². The number of guanidine groups is 1. The largest absolute Gasteiger partial charge is 0.351 e. The zero-order valence-corrected chi connectivity index (χ0v) is 7.18. The Labute approximate surface area is 67.0 Å². The van der Waals surface area contributed by atoms with Gasteiger partial charge in [0.1, 0.15) is 6.17 Å². The first-order valence-electron chi connectivity index (χ1n) is 3.57. The van der Waals surface area contributed by atoms with Gasteiger partial charge in [-0.05, 0) is 6.92 Å². The van der Waals surface area contributed by atoms with Crippen molar-refractivity contribution in [2.75, 3.05) is 14.1 Å². The summed E-state index contributed by atoms with van der Waals surface area (Å²) in [5.74, 6) is 1.65. The van der Waals surface area contributed by atoms with Crippen LogP contribution in [0.2, 0.25) is 0 Å². The lowest BCUT2D eigenvalue weighted by Crippen LogP contribution is -2.47. The van der Waals surface area contributed by atoms with E-state index in [0.717, 1.165) is 11.8 Å². The monoisotopic (exact) mass is 154 g/mol. The van der Waals surface area contributed by atoms with E-state index >= 15 is 0 Å². The lowest BCUT2D eigenvalue weighted by molar-refractivity contribution is 0.522. The molecule has 0 aromatic heterocycles. The molecule has 0 aromatic carbocycles. The van der Waals surface area contributed by atoms with Crippen molar-refractivity contribution in [2.45, 2.75) is 13.1 Å². The fourth-order valence-electron chi connectivity index (χ4n) is 0.898. The molecule has 1 heterocycles. The van der Waals surface area contributed by atoms with Crippen LogP contribution >= 0.6 is 0 Å². The van der Waals surface area contributed by atoms with Gasteiger partial charge in [0.2, 0.25) is 5.96 Å². The first-order chi connectivity index (χ1) is 5.09. The molecule has 0 spiro atoms. The van der Waals surface area contributed by atoms with E-state index in [2.05, 4.69) is 22.2 Å². The summed E-state index contributed by atoms with van der Waals surface area (Å²) >= 11 is 0. The lowest BCUT2D eigenvalue weighted by atomic mass is 10.5. The smallest absolute Gasteiger partial charge is 0.201 e. The van der Waals surface area contributed by atoms with Gasteiger partial charge in [0.25, 0.3) is 0 Å². The van der Waals surface area contributed by atoms with Gasteiger partial charge in [0.15, 0.2) is 0 Å². The van der Waals surface area contributed by atoms with Gasteiger partial charge in [-0.2, -0.15) is 0 Å². The zero-order valence-electron chi connectivity index (χ0n) is 7.18. The lowest BCUT2D eigenvalue weighted by Gasteiger charge is -2.26. The third-order valence-corrected chi connectivity index (χ3v) is 1.39. The highest BCUT2D eigenvalue weighted by atomic mass is 15.4. The molecular weight excluding hydrogens is 140 g/mol. The summed E-state index contributed by atoms with van der Waals surface area (Å²) in [6.45, 7) is 5.75. The highest BCUT2D eigenvalue weighted by Gasteiger charge is 2.12. The molecule has 0 unspecified atom stereocenters. The number of rotatable bonds is 0. The van der Waals surface area contributed by atoms with E-state index in [0.29, 0.717) is 0 Å². The first kappa shape index (κ1) is 7.91. The van der Waals surface area contributed by atoms with Crippen molar-refractivity contribution in [3.05, 3.63) is 12.4 Å². The van der Waals surface area contributed by atoms with Crippen molar-refractivity contribution in [3.63, 3.8) is 0 Å². The molecule has 4 heteroatoms. The van der Waals surface area contributed by atoms with Crippen molar-refractivity contribution in [1.29, 1.82) is 0 Å². The fraction of sp³-hybridized carbons (Fsp3) is 0.571. The quantitative estimate of drug-likeness (QED) is 0.512. The minimum Gasteiger partial charge on any atom is -0.351 e. The van der Waals surface area contributed by atoms with E-state index in [4.69, 9.17) is 0 Å². The van der Waals surface area contributed by atoms with Gasteiger partial charge in [0, 0.05) is 14.1 Å². The van der Waals surface area contributed by atoms with Crippen LogP contribution in [0.1, 0.15) is 6.92 Å². The van der Waals surface area contributed by atoms with E-state index in [1.54, 1.807) is 0 Å². The molecular formula is C7H14N4. The van der Waals surface area contributed by atoms with Gasteiger partial charge in [0.05, 0.1) is 5.82 Å². The molecule has 0 radical (unpaired) electrons. The summed E-state index contributed by atoms with van der Waals surface area (Å²) in [6, 6.07) is 0. The van der Waals surface area contributed by atoms with E-state index in [1.807, 2.05) is 25.9 Å². The molecule has 0 saturated carbocycles. The zero-order chi connectivity index (χ0) is 8.43. The van der Waals surface area contributed by atoms with E-state index < -0.39 is 0 Å². The average Bonchev–Trinajstić information content (AvgIpc) is 1.85. The van der Waals surface area contributed by atoms with Crippen LogP contribution in [0.3, 0.4) is 0 Å². The Balaban J connectivity index is 2.72. The first-order valence-corrected chi connectivity index (χ1v) is 3.57. The van der Waals surface area contributed by atoms with Crippen molar-refractivity contribution in [1.82, 2.24) is 15.5 Å². The van der Waals surface area contributed by atoms with E-state index in [1.165, 1.54) is 0 Å². The third kappa shape index (κ3) is 1.86. The predicted octanol–water partition coefficient (Wildman–Crippen LogP) is -0.0860. The number of nitrogens with zero attached hydrogens (tertiary/aromatic N) is 2. The molecule has 1 atom stereocenters. The topological polar surface area (TPSA) is 39.7 Å². The summed E-state index contributed by atoms with van der Waals surface area (Å²) in [6.07, 6.45) is 0.112. The molecule has 62 valence electrons. The van der Waals surface area contributed by atoms with Crippen LogP contribution in [-0.4, -0.2) is 31.1 Å². The molecule has 4 nitrogen and oxygen atoms in total. The number of hydrogen-bond donors (Lipinski definition) is 2. The van der Waals surface area contributed by atoms with E-state index in [-0.39, 0.29) is 6.17 Å². The minimum absolute atomic E-state index is 0.112. The van der Waals surface area contributed by atoms with Crippen molar-refractivity contribution in [3.8, 4) is 0 Å². The van der Waals surface area contributed by atoms with Crippen molar-refractivity contribution >= 4 is 5.96 Å². The van der Waals surface area contributed by atoms with Gasteiger partial charge in [-0.1, -0.05) is 6.58 Å². The maximum Gasteiger partial charge on any atom is 0.201 e. The molecule has 11 heavy (non-hydrogen) atoms. The molecule has 0 bridgehead atoms. The second-order valence-corrected chi connectivity index (χ2v) is 2.77. The highest BCUT2D eigenvalue weighted by molar-refractivity contribution is 5.81. The third-order valence-electron chi connectivity index (χ3n) is 1.39. The van der Waals surface area contributed by atoms with Crippen LogP contribution in [0.25, 0.3) is 0 Å². The Morgan fingerprint density at radius 1 is 1.55 bits per heavy atom. The van der Waals surface area contributed by atoms with Crippen LogP contribution < -0.4 is 10.6 Å². The van der Waals surface area contributed by atoms with Crippen LogP contribution in [0.4, 0.5) is 0 Å². The average molecular weight is 154 g/mol. The Morgan fingerprint density at radius 3 is 2.64 bits per heavy atom. The van der Waals surface area contributed by atoms with E-state index in [9.17, 15) is 0 Å². The second kappa shape index (κ2) is 2.82. The Morgan fingerprint density at radius 2 is 2.18 bits per heavy atom. The molecule has 1 aliphatic rings. The molecule has 2 N–H and O–H groups in total. The summed E-state index contributed by atoms with van der Waals surface area (Å²) < 4.78 is 0. The summed E-state index contributed by atoms with van der Waals surface area (Å²) in [5, 5.41) is 6.06. The highest BCUT2D eigenvalue weighted by Crippen LogP contribution is 1.97. The summed E-state index contributed by atoms with van der Waals surface area (Å²) in [7, 11) is 3.88. The summed E-state index contributed by atoms with van der Waals surface area (Å²) in [4.78, 5) is 6.21. The van der Waals surface area contributed by atoms with Gasteiger partial charge >= 0.3 is 0 Å². The predicted molar refractivity (Wildman–Crippen MR) is 46.0 cm³/mol. The van der Waals surface area contributed by atoms with Gasteiger partial charge in [-0.25, -0.2) is 4.99 Å². The van der Waals surface area contributed by atoms with Crippen LogP contribution in [0.15, 0.2) is 17.4 Å². The van der Waals surface area contributed by atoms with Crippen LogP contribution in [0.5, 0.6) is 0 Å². The maximum atomic E-state index is 4.29. The minimum atomic E-state index is 0.112. The fourth-order valence-corrected chi connectivity index (χ4v) is 0.898. The molecule has 1 rings (SSSR count). The Bertz CT molecular complexity index is 195. The maximum absolute atomic E-state index is 4.29. The number of aliphatic imine (C=N–C) groups is 1. The molecule has 0 aliphatic carbocycles. The molecule has 0 fully saturated rings. The van der Waals surface area contributed by atoms with Gasteiger partial charge < -0.3 is 15.5 Å². The van der Waals surface area contributed by atoms with Gasteiger partial charge in [-0.3, -0.25) is 0 Å². The number of hydrogen-bond acceptors (Lipinski definition) is 4. The summed E-state index contributed by atoms with van der Waals surface area (Å²) in [5.41, 5.74) is 0. The molecule has 0 aromatic rings. The molecule has 0 saturated heterocycles. The normalized spacial score (nSPS) is 23.4. The molecule has 0 amide bonds. The second-order valence-electron chi connectivity index (χ2n) is 2.77. The van der Waals surface area contributed by atoms with Crippen molar-refractivity contribution in [2.24, 2.45) is 4.99 Å². The van der Waals surface area contributed by atoms with Gasteiger partial charge in [-0.15, -0.1) is 0 Å².